The number of rotatable bonds is 7. The maximum absolute atomic E-state index is 14.9. The minimum atomic E-state index is -1.26. The van der Waals surface area contributed by atoms with Crippen molar-refractivity contribution in [2.24, 2.45) is 23.7 Å². The third-order valence-electron chi connectivity index (χ3n) is 7.53. The standard InChI is InChI=1S/C24H37F2NO3/c1-2-3-12-29-19-8-4-16(5-9-19)17-7-11-21(23(26)13-17)24(28)30-20-10-6-18(15-27)22(25)14-20/h16-23H,2-14H2,1H3. The minimum Gasteiger partial charge on any atom is -0.462 e. The first kappa shape index (κ1) is 23.4. The molecule has 3 rings (SSSR count). The molecule has 0 bridgehead atoms. The maximum atomic E-state index is 14.9. The number of hydrogen-bond acceptors (Lipinski definition) is 4. The van der Waals surface area contributed by atoms with Crippen LogP contribution in [-0.4, -0.2) is 37.1 Å². The average Bonchev–Trinajstić information content (AvgIpc) is 2.74. The number of nitrogens with zero attached hydrogens (tertiary/aromatic N) is 1. The molecule has 0 spiro atoms. The molecule has 0 aromatic heterocycles. The quantitative estimate of drug-likeness (QED) is 0.388. The van der Waals surface area contributed by atoms with Gasteiger partial charge in [-0.05, 0) is 76.0 Å². The number of halogens is 2. The fraction of sp³-hybridized carbons (Fsp3) is 0.917. The first-order valence-corrected chi connectivity index (χ1v) is 12.0. The van der Waals surface area contributed by atoms with E-state index in [1.54, 1.807) is 0 Å². The number of hydrogen-bond donors (Lipinski definition) is 0. The lowest BCUT2D eigenvalue weighted by Gasteiger charge is -2.39. The predicted molar refractivity (Wildman–Crippen MR) is 110 cm³/mol. The Morgan fingerprint density at radius 1 is 0.933 bits per heavy atom. The molecule has 3 saturated carbocycles. The zero-order valence-electron chi connectivity index (χ0n) is 18.2. The van der Waals surface area contributed by atoms with Gasteiger partial charge in [0.25, 0.3) is 0 Å². The molecule has 30 heavy (non-hydrogen) atoms. The van der Waals surface area contributed by atoms with Crippen LogP contribution in [0.4, 0.5) is 8.78 Å². The second kappa shape index (κ2) is 11.4. The molecule has 3 fully saturated rings. The first-order valence-electron chi connectivity index (χ1n) is 12.0. The molecule has 6 heteroatoms. The van der Waals surface area contributed by atoms with Crippen molar-refractivity contribution < 1.29 is 23.0 Å². The highest BCUT2D eigenvalue weighted by molar-refractivity contribution is 5.73. The Kier molecular flexibility index (Phi) is 8.92. The second-order valence-electron chi connectivity index (χ2n) is 9.58. The second-order valence-corrected chi connectivity index (χ2v) is 9.58. The van der Waals surface area contributed by atoms with Crippen molar-refractivity contribution in [1.82, 2.24) is 0 Å². The molecule has 0 amide bonds. The molecule has 0 heterocycles. The summed E-state index contributed by atoms with van der Waals surface area (Å²) in [7, 11) is 0. The van der Waals surface area contributed by atoms with Gasteiger partial charge in [-0.1, -0.05) is 13.3 Å². The summed E-state index contributed by atoms with van der Waals surface area (Å²) in [4.78, 5) is 12.5. The SMILES string of the molecule is CCCCOC1CCC(C2CCC(C(=O)OC3CCC(C#N)C(F)C3)C(F)C2)CC1. The van der Waals surface area contributed by atoms with Crippen LogP contribution in [0.5, 0.6) is 0 Å². The Morgan fingerprint density at radius 3 is 2.27 bits per heavy atom. The predicted octanol–water partition coefficient (Wildman–Crippen LogP) is 5.69. The molecular weight excluding hydrogens is 388 g/mol. The number of ether oxygens (including phenoxy) is 2. The summed E-state index contributed by atoms with van der Waals surface area (Å²) in [5.74, 6) is -0.985. The van der Waals surface area contributed by atoms with E-state index >= 15 is 0 Å². The van der Waals surface area contributed by atoms with Crippen LogP contribution in [0.2, 0.25) is 0 Å². The average molecular weight is 426 g/mol. The Morgan fingerprint density at radius 2 is 1.63 bits per heavy atom. The van der Waals surface area contributed by atoms with E-state index < -0.39 is 36.3 Å². The van der Waals surface area contributed by atoms with Gasteiger partial charge < -0.3 is 9.47 Å². The third kappa shape index (κ3) is 6.15. The van der Waals surface area contributed by atoms with Gasteiger partial charge >= 0.3 is 5.97 Å². The molecule has 0 saturated heterocycles. The molecule has 3 aliphatic carbocycles. The molecule has 0 aromatic carbocycles. The summed E-state index contributed by atoms with van der Waals surface area (Å²) < 4.78 is 40.2. The van der Waals surface area contributed by atoms with Crippen molar-refractivity contribution in [2.75, 3.05) is 6.61 Å². The summed E-state index contributed by atoms with van der Waals surface area (Å²) in [5.41, 5.74) is 0. The Hall–Kier alpha value is -1.22. The van der Waals surface area contributed by atoms with Gasteiger partial charge in [0, 0.05) is 13.0 Å². The topological polar surface area (TPSA) is 59.3 Å². The van der Waals surface area contributed by atoms with Gasteiger partial charge in [0.1, 0.15) is 18.4 Å². The summed E-state index contributed by atoms with van der Waals surface area (Å²) in [6.07, 6.45) is 6.68. The van der Waals surface area contributed by atoms with Crippen molar-refractivity contribution in [3.05, 3.63) is 0 Å². The summed E-state index contributed by atoms with van der Waals surface area (Å²) in [5, 5.41) is 8.91. The molecule has 4 nitrogen and oxygen atoms in total. The number of carbonyl (C=O) groups is 1. The fourth-order valence-corrected chi connectivity index (χ4v) is 5.54. The number of esters is 1. The Bertz CT molecular complexity index is 587. The molecule has 6 unspecified atom stereocenters. The molecular formula is C24H37F2NO3. The minimum absolute atomic E-state index is 0.0554. The van der Waals surface area contributed by atoms with E-state index in [0.29, 0.717) is 43.6 Å². The normalized spacial score (nSPS) is 39.8. The number of alkyl halides is 2. The van der Waals surface area contributed by atoms with Gasteiger partial charge in [0.05, 0.1) is 24.0 Å². The highest BCUT2D eigenvalue weighted by atomic mass is 19.1. The summed E-state index contributed by atoms with van der Waals surface area (Å²) >= 11 is 0. The molecule has 170 valence electrons. The number of nitriles is 1. The molecule has 6 atom stereocenters. The molecule has 0 N–H and O–H groups in total. The van der Waals surface area contributed by atoms with Gasteiger partial charge in [0.15, 0.2) is 0 Å². The van der Waals surface area contributed by atoms with Crippen molar-refractivity contribution >= 4 is 5.97 Å². The lowest BCUT2D eigenvalue weighted by Crippen LogP contribution is -2.39. The first-order chi connectivity index (χ1) is 14.5. The zero-order chi connectivity index (χ0) is 21.5. The maximum Gasteiger partial charge on any atom is 0.312 e. The van der Waals surface area contributed by atoms with Crippen LogP contribution in [0.15, 0.2) is 0 Å². The van der Waals surface area contributed by atoms with Crippen molar-refractivity contribution in [1.29, 1.82) is 5.26 Å². The summed E-state index contributed by atoms with van der Waals surface area (Å²) in [6, 6.07) is 1.97. The van der Waals surface area contributed by atoms with Gasteiger partial charge in [-0.3, -0.25) is 4.79 Å². The highest BCUT2D eigenvalue weighted by Crippen LogP contribution is 2.42. The zero-order valence-corrected chi connectivity index (χ0v) is 18.2. The van der Waals surface area contributed by atoms with Crippen LogP contribution in [-0.2, 0) is 14.3 Å². The Balaban J connectivity index is 1.40. The van der Waals surface area contributed by atoms with Crippen molar-refractivity contribution in [3.8, 4) is 6.07 Å². The lowest BCUT2D eigenvalue weighted by molar-refractivity contribution is -0.161. The monoisotopic (exact) mass is 425 g/mol. The van der Waals surface area contributed by atoms with Crippen LogP contribution in [0.3, 0.4) is 0 Å². The van der Waals surface area contributed by atoms with Crippen molar-refractivity contribution in [3.63, 3.8) is 0 Å². The smallest absolute Gasteiger partial charge is 0.312 e. The largest absolute Gasteiger partial charge is 0.462 e. The molecule has 3 aliphatic rings. The van der Waals surface area contributed by atoms with E-state index in [2.05, 4.69) is 6.92 Å². The molecule has 0 aromatic rings. The van der Waals surface area contributed by atoms with Gasteiger partial charge in [-0.15, -0.1) is 0 Å². The van der Waals surface area contributed by atoms with Gasteiger partial charge in [0.2, 0.25) is 0 Å². The van der Waals surface area contributed by atoms with Crippen LogP contribution >= 0.6 is 0 Å². The van der Waals surface area contributed by atoms with E-state index in [1.165, 1.54) is 0 Å². The van der Waals surface area contributed by atoms with E-state index in [4.69, 9.17) is 14.7 Å². The Labute approximate surface area is 179 Å². The van der Waals surface area contributed by atoms with Crippen LogP contribution in [0.1, 0.15) is 84.0 Å². The fourth-order valence-electron chi connectivity index (χ4n) is 5.54. The number of unbranched alkanes of at least 4 members (excludes halogenated alkanes) is 1. The highest BCUT2D eigenvalue weighted by Gasteiger charge is 2.41. The van der Waals surface area contributed by atoms with E-state index in [1.807, 2.05) is 6.07 Å². The van der Waals surface area contributed by atoms with Gasteiger partial charge in [-0.25, -0.2) is 8.78 Å². The lowest BCUT2D eigenvalue weighted by atomic mass is 9.70. The van der Waals surface area contributed by atoms with E-state index in [0.717, 1.165) is 51.6 Å². The summed E-state index contributed by atoms with van der Waals surface area (Å²) in [6.45, 7) is 3.00. The van der Waals surface area contributed by atoms with E-state index in [-0.39, 0.29) is 6.42 Å². The molecule has 0 aliphatic heterocycles. The van der Waals surface area contributed by atoms with Gasteiger partial charge in [-0.2, -0.15) is 5.26 Å². The van der Waals surface area contributed by atoms with Crippen LogP contribution in [0.25, 0.3) is 0 Å². The third-order valence-corrected chi connectivity index (χ3v) is 7.53. The van der Waals surface area contributed by atoms with Crippen molar-refractivity contribution in [2.45, 2.75) is 109 Å². The van der Waals surface area contributed by atoms with Crippen LogP contribution in [0, 0.1) is 35.0 Å². The van der Waals surface area contributed by atoms with Crippen LogP contribution < -0.4 is 0 Å². The van der Waals surface area contributed by atoms with E-state index in [9.17, 15) is 13.6 Å². The molecule has 0 radical (unpaired) electrons. The number of carbonyl (C=O) groups excluding carboxylic acids is 1.